The van der Waals surface area contributed by atoms with Gasteiger partial charge in [0.15, 0.2) is 0 Å². The van der Waals surface area contributed by atoms with E-state index < -0.39 is 5.91 Å². The Morgan fingerprint density at radius 2 is 2.07 bits per heavy atom. The highest BCUT2D eigenvalue weighted by Crippen LogP contribution is 2.15. The van der Waals surface area contributed by atoms with Crippen LogP contribution in [0.1, 0.15) is 16.1 Å². The molecule has 0 aliphatic carbocycles. The molecule has 1 amide bonds. The molecule has 14 heavy (non-hydrogen) atoms. The Labute approximate surface area is 81.6 Å². The van der Waals surface area contributed by atoms with E-state index in [-0.39, 0.29) is 0 Å². The van der Waals surface area contributed by atoms with Crippen LogP contribution in [0.15, 0.2) is 30.3 Å². The van der Waals surface area contributed by atoms with E-state index in [2.05, 4.69) is 4.98 Å². The number of nitrogens with two attached hydrogens (primary N) is 1. The topological polar surface area (TPSA) is 56.0 Å². The maximum Gasteiger partial charge on any atom is 0.267 e. The number of rotatable bonds is 1. The number of pyridine rings is 1. The lowest BCUT2D eigenvalue weighted by Gasteiger charge is -2.03. The lowest BCUT2D eigenvalue weighted by molar-refractivity contribution is 0.0995. The zero-order valence-electron chi connectivity index (χ0n) is 7.82. The lowest BCUT2D eigenvalue weighted by atomic mass is 10.1. The van der Waals surface area contributed by atoms with Gasteiger partial charge in [-0.3, -0.25) is 4.79 Å². The molecule has 0 saturated heterocycles. The van der Waals surface area contributed by atoms with Crippen molar-refractivity contribution in [3.8, 4) is 0 Å². The second-order valence-corrected chi connectivity index (χ2v) is 3.21. The third-order valence-corrected chi connectivity index (χ3v) is 2.15. The van der Waals surface area contributed by atoms with Crippen molar-refractivity contribution in [3.63, 3.8) is 0 Å². The molecule has 3 heteroatoms. The predicted molar refractivity (Wildman–Crippen MR) is 55.0 cm³/mol. The lowest BCUT2D eigenvalue weighted by Crippen LogP contribution is -2.14. The monoisotopic (exact) mass is 186 g/mol. The molecule has 2 rings (SSSR count). The first-order valence-electron chi connectivity index (χ1n) is 4.34. The van der Waals surface area contributed by atoms with Gasteiger partial charge in [0.2, 0.25) is 0 Å². The van der Waals surface area contributed by atoms with E-state index in [0.29, 0.717) is 5.69 Å². The number of primary amides is 1. The Morgan fingerprint density at radius 3 is 2.79 bits per heavy atom. The molecule has 0 atom stereocenters. The molecule has 0 bridgehead atoms. The minimum absolute atomic E-state index is 0.351. The van der Waals surface area contributed by atoms with E-state index in [1.165, 1.54) is 0 Å². The molecule has 1 aromatic carbocycles. The van der Waals surface area contributed by atoms with Crippen LogP contribution >= 0.6 is 0 Å². The first kappa shape index (κ1) is 8.69. The number of hydrogen-bond donors (Lipinski definition) is 1. The highest BCUT2D eigenvalue weighted by Gasteiger charge is 2.07. The summed E-state index contributed by atoms with van der Waals surface area (Å²) in [5.41, 5.74) is 7.17. The molecule has 3 nitrogen and oxygen atoms in total. The van der Waals surface area contributed by atoms with E-state index in [0.717, 1.165) is 16.5 Å². The van der Waals surface area contributed by atoms with Gasteiger partial charge in [-0.25, -0.2) is 4.98 Å². The van der Waals surface area contributed by atoms with Crippen molar-refractivity contribution >= 4 is 16.8 Å². The van der Waals surface area contributed by atoms with Crippen molar-refractivity contribution in [2.75, 3.05) is 0 Å². The second kappa shape index (κ2) is 3.10. The molecular weight excluding hydrogens is 176 g/mol. The Hall–Kier alpha value is -1.90. The number of aryl methyl sites for hydroxylation is 1. The van der Waals surface area contributed by atoms with Crippen molar-refractivity contribution in [2.45, 2.75) is 6.92 Å². The van der Waals surface area contributed by atoms with Crippen LogP contribution in [-0.4, -0.2) is 10.9 Å². The van der Waals surface area contributed by atoms with Crippen molar-refractivity contribution in [3.05, 3.63) is 41.6 Å². The van der Waals surface area contributed by atoms with Gasteiger partial charge in [-0.1, -0.05) is 18.2 Å². The molecule has 2 N–H and O–H groups in total. The highest BCUT2D eigenvalue weighted by atomic mass is 16.1. The maximum absolute atomic E-state index is 11.0. The summed E-state index contributed by atoms with van der Waals surface area (Å²) in [5.74, 6) is -0.478. The molecule has 0 radical (unpaired) electrons. The molecule has 0 aliphatic heterocycles. The number of carbonyl (C=O) groups is 1. The number of aromatic nitrogens is 1. The Balaban J connectivity index is 2.77. The molecule has 0 spiro atoms. The number of hydrogen-bond acceptors (Lipinski definition) is 2. The summed E-state index contributed by atoms with van der Waals surface area (Å²) in [4.78, 5) is 15.2. The largest absolute Gasteiger partial charge is 0.364 e. The Morgan fingerprint density at radius 1 is 1.36 bits per heavy atom. The van der Waals surface area contributed by atoms with Crippen LogP contribution in [0.25, 0.3) is 10.9 Å². The van der Waals surface area contributed by atoms with Crippen molar-refractivity contribution in [2.24, 2.45) is 5.73 Å². The van der Waals surface area contributed by atoms with Crippen LogP contribution in [0, 0.1) is 6.92 Å². The molecule has 0 fully saturated rings. The van der Waals surface area contributed by atoms with Gasteiger partial charge in [-0.15, -0.1) is 0 Å². The van der Waals surface area contributed by atoms with Gasteiger partial charge in [0.05, 0.1) is 5.52 Å². The van der Waals surface area contributed by atoms with Crippen LogP contribution in [0.5, 0.6) is 0 Å². The van der Waals surface area contributed by atoms with Gasteiger partial charge in [-0.05, 0) is 24.6 Å². The molecule has 70 valence electrons. The van der Waals surface area contributed by atoms with Crippen molar-refractivity contribution < 1.29 is 4.79 Å². The number of carbonyl (C=O) groups excluding carboxylic acids is 1. The SMILES string of the molecule is Cc1cc2ccccc2nc1C(N)=O. The van der Waals surface area contributed by atoms with E-state index >= 15 is 0 Å². The summed E-state index contributed by atoms with van der Waals surface area (Å²) < 4.78 is 0. The maximum atomic E-state index is 11.0. The second-order valence-electron chi connectivity index (χ2n) is 3.21. The first-order chi connectivity index (χ1) is 6.68. The van der Waals surface area contributed by atoms with Crippen LogP contribution in [0.2, 0.25) is 0 Å². The molecule has 1 aromatic heterocycles. The number of fused-ring (bicyclic) bond motifs is 1. The van der Waals surface area contributed by atoms with E-state index in [1.807, 2.05) is 37.3 Å². The van der Waals surface area contributed by atoms with Gasteiger partial charge < -0.3 is 5.73 Å². The van der Waals surface area contributed by atoms with Gasteiger partial charge >= 0.3 is 0 Å². The minimum Gasteiger partial charge on any atom is -0.364 e. The molecular formula is C11H10N2O. The molecule has 0 saturated carbocycles. The van der Waals surface area contributed by atoms with E-state index in [9.17, 15) is 4.79 Å². The highest BCUT2D eigenvalue weighted by molar-refractivity contribution is 5.95. The summed E-state index contributed by atoms with van der Waals surface area (Å²) in [6, 6.07) is 9.56. The third-order valence-electron chi connectivity index (χ3n) is 2.15. The van der Waals surface area contributed by atoms with Gasteiger partial charge in [0, 0.05) is 5.39 Å². The molecule has 2 aromatic rings. The molecule has 0 aliphatic rings. The quantitative estimate of drug-likeness (QED) is 0.736. The van der Waals surface area contributed by atoms with E-state index in [1.54, 1.807) is 0 Å². The fourth-order valence-electron chi connectivity index (χ4n) is 1.47. The molecule has 1 heterocycles. The smallest absolute Gasteiger partial charge is 0.267 e. The molecule has 0 unspecified atom stereocenters. The summed E-state index contributed by atoms with van der Waals surface area (Å²) >= 11 is 0. The summed E-state index contributed by atoms with van der Waals surface area (Å²) in [5, 5.41) is 1.02. The van der Waals surface area contributed by atoms with Gasteiger partial charge in [0.25, 0.3) is 5.91 Å². The van der Waals surface area contributed by atoms with Crippen molar-refractivity contribution in [1.29, 1.82) is 0 Å². The normalized spacial score (nSPS) is 10.4. The average Bonchev–Trinajstić information content (AvgIpc) is 2.16. The number of para-hydroxylation sites is 1. The first-order valence-corrected chi connectivity index (χ1v) is 4.34. The summed E-state index contributed by atoms with van der Waals surface area (Å²) in [6.07, 6.45) is 0. The fourth-order valence-corrected chi connectivity index (χ4v) is 1.47. The third kappa shape index (κ3) is 1.33. The fraction of sp³-hybridized carbons (Fsp3) is 0.0909. The van der Waals surface area contributed by atoms with Gasteiger partial charge in [-0.2, -0.15) is 0 Å². The van der Waals surface area contributed by atoms with Crippen LogP contribution < -0.4 is 5.73 Å². The summed E-state index contributed by atoms with van der Waals surface area (Å²) in [6.45, 7) is 1.83. The van der Waals surface area contributed by atoms with E-state index in [4.69, 9.17) is 5.73 Å². The number of nitrogens with zero attached hydrogens (tertiary/aromatic N) is 1. The van der Waals surface area contributed by atoms with Gasteiger partial charge in [0.1, 0.15) is 5.69 Å². The zero-order valence-corrected chi connectivity index (χ0v) is 7.82. The van der Waals surface area contributed by atoms with Crippen molar-refractivity contribution in [1.82, 2.24) is 4.98 Å². The van der Waals surface area contributed by atoms with Crippen LogP contribution in [0.4, 0.5) is 0 Å². The Bertz CT molecular complexity index is 506. The van der Waals surface area contributed by atoms with Crippen LogP contribution in [-0.2, 0) is 0 Å². The average molecular weight is 186 g/mol. The standard InChI is InChI=1S/C11H10N2O/c1-7-6-8-4-2-3-5-9(8)13-10(7)11(12)14/h2-6H,1H3,(H2,12,14). The van der Waals surface area contributed by atoms with Crippen LogP contribution in [0.3, 0.4) is 0 Å². The Kier molecular flexibility index (Phi) is 1.93. The predicted octanol–water partition coefficient (Wildman–Crippen LogP) is 1.64. The number of amides is 1. The zero-order chi connectivity index (χ0) is 10.1. The number of benzene rings is 1. The summed E-state index contributed by atoms with van der Waals surface area (Å²) in [7, 11) is 0. The minimum atomic E-state index is -0.478.